The van der Waals surface area contributed by atoms with Gasteiger partial charge >= 0.3 is 5.76 Å². The molecule has 4 aromatic rings. The van der Waals surface area contributed by atoms with E-state index in [2.05, 4.69) is 24.3 Å². The van der Waals surface area contributed by atoms with Gasteiger partial charge in [0.25, 0.3) is 5.91 Å². The fourth-order valence-corrected chi connectivity index (χ4v) is 4.59. The maximum absolute atomic E-state index is 13.2. The zero-order valence-electron chi connectivity index (χ0n) is 18.2. The van der Waals surface area contributed by atoms with Crippen LogP contribution in [0.1, 0.15) is 34.3 Å². The molecule has 2 heterocycles. The Morgan fingerprint density at radius 3 is 2.39 bits per heavy atom. The minimum Gasteiger partial charge on any atom is -0.408 e. The molecule has 0 saturated carbocycles. The van der Waals surface area contributed by atoms with E-state index in [0.29, 0.717) is 22.6 Å². The molecule has 3 aromatic carbocycles. The Labute approximate surface area is 191 Å². The maximum Gasteiger partial charge on any atom is 0.420 e. The second kappa shape index (κ2) is 9.06. The Balaban J connectivity index is 1.31. The molecule has 1 aromatic heterocycles. The average Bonchev–Trinajstić information content (AvgIpc) is 3.15. The number of amides is 1. The highest BCUT2D eigenvalue weighted by atomic mass is 19.1. The van der Waals surface area contributed by atoms with Crippen molar-refractivity contribution < 1.29 is 13.6 Å². The van der Waals surface area contributed by atoms with E-state index in [1.807, 2.05) is 11.0 Å². The summed E-state index contributed by atoms with van der Waals surface area (Å²) in [6.07, 6.45) is 2.99. The van der Waals surface area contributed by atoms with Gasteiger partial charge in [-0.15, -0.1) is 0 Å². The van der Waals surface area contributed by atoms with Gasteiger partial charge in [-0.2, -0.15) is 0 Å². The number of nitrogens with zero attached hydrogens (tertiary/aromatic N) is 2. The van der Waals surface area contributed by atoms with Crippen LogP contribution in [0.3, 0.4) is 0 Å². The predicted molar refractivity (Wildman–Crippen MR) is 125 cm³/mol. The first-order chi connectivity index (χ1) is 16.1. The minimum atomic E-state index is -0.499. The van der Waals surface area contributed by atoms with Crippen LogP contribution in [-0.4, -0.2) is 28.5 Å². The summed E-state index contributed by atoms with van der Waals surface area (Å²) in [5.41, 5.74) is 3.65. The molecular weight excluding hydrogens is 419 g/mol. The first kappa shape index (κ1) is 21.2. The molecule has 5 rings (SSSR count). The van der Waals surface area contributed by atoms with Crippen LogP contribution in [0.15, 0.2) is 82.0 Å². The molecule has 1 amide bonds. The first-order valence-electron chi connectivity index (χ1n) is 11.3. The van der Waals surface area contributed by atoms with E-state index in [0.717, 1.165) is 37.9 Å². The van der Waals surface area contributed by atoms with Crippen LogP contribution in [-0.2, 0) is 13.0 Å². The maximum atomic E-state index is 13.2. The number of fused-ring (bicyclic) bond motifs is 1. The van der Waals surface area contributed by atoms with Crippen molar-refractivity contribution in [3.8, 4) is 0 Å². The Kier molecular flexibility index (Phi) is 5.82. The van der Waals surface area contributed by atoms with Gasteiger partial charge in [-0.05, 0) is 66.6 Å². The molecule has 0 unspecified atom stereocenters. The number of hydrogen-bond donors (Lipinski definition) is 0. The number of benzene rings is 3. The molecule has 0 N–H and O–H groups in total. The summed E-state index contributed by atoms with van der Waals surface area (Å²) in [7, 11) is 0. The number of carbonyl (C=O) groups excluding carboxylic acids is 1. The zero-order valence-corrected chi connectivity index (χ0v) is 18.2. The number of oxazole rings is 1. The number of aromatic nitrogens is 1. The molecule has 0 aliphatic carbocycles. The van der Waals surface area contributed by atoms with Crippen molar-refractivity contribution in [2.75, 3.05) is 13.1 Å². The number of carbonyl (C=O) groups is 1. The van der Waals surface area contributed by atoms with Gasteiger partial charge < -0.3 is 9.32 Å². The second-order valence-corrected chi connectivity index (χ2v) is 8.69. The summed E-state index contributed by atoms with van der Waals surface area (Å²) in [4.78, 5) is 27.5. The van der Waals surface area contributed by atoms with Gasteiger partial charge in [0, 0.05) is 18.7 Å². The summed E-state index contributed by atoms with van der Waals surface area (Å²) in [6, 6.07) is 21.6. The molecule has 1 aliphatic rings. The first-order valence-corrected chi connectivity index (χ1v) is 11.3. The highest BCUT2D eigenvalue weighted by Gasteiger charge is 2.24. The van der Waals surface area contributed by atoms with E-state index >= 15 is 0 Å². The summed E-state index contributed by atoms with van der Waals surface area (Å²) >= 11 is 0. The van der Waals surface area contributed by atoms with Gasteiger partial charge in [0.2, 0.25) is 0 Å². The molecule has 168 valence electrons. The fraction of sp³-hybridized carbons (Fsp3) is 0.259. The lowest BCUT2D eigenvalue weighted by molar-refractivity contribution is 0.0690. The molecule has 6 heteroatoms. The lowest BCUT2D eigenvalue weighted by Crippen LogP contribution is -2.38. The standard InChI is InChI=1S/C27H25FN2O3/c28-23-9-6-21(7-10-23)18-30-24-17-22(8-11-25(24)33-27(30)32)26(31)29-14-12-20(13-15-29)16-19-4-2-1-3-5-19/h1-11,17,20H,12-16,18H2. The summed E-state index contributed by atoms with van der Waals surface area (Å²) in [6.45, 7) is 1.69. The third-order valence-corrected chi connectivity index (χ3v) is 6.44. The molecule has 5 nitrogen and oxygen atoms in total. The highest BCUT2D eigenvalue weighted by molar-refractivity contribution is 5.97. The van der Waals surface area contributed by atoms with Crippen LogP contribution in [0.5, 0.6) is 0 Å². The Bertz CT molecular complexity index is 1320. The monoisotopic (exact) mass is 444 g/mol. The van der Waals surface area contributed by atoms with Crippen molar-refractivity contribution in [3.05, 3.63) is 106 Å². The molecule has 0 spiro atoms. The summed E-state index contributed by atoms with van der Waals surface area (Å²) in [5, 5.41) is 0. The van der Waals surface area contributed by atoms with Crippen LogP contribution >= 0.6 is 0 Å². The summed E-state index contributed by atoms with van der Waals surface area (Å²) in [5.74, 6) is -0.282. The topological polar surface area (TPSA) is 55.5 Å². The van der Waals surface area contributed by atoms with Gasteiger partial charge in [-0.25, -0.2) is 9.18 Å². The molecule has 0 radical (unpaired) electrons. The fourth-order valence-electron chi connectivity index (χ4n) is 4.59. The van der Waals surface area contributed by atoms with Gasteiger partial charge in [0.15, 0.2) is 5.58 Å². The molecule has 33 heavy (non-hydrogen) atoms. The molecule has 1 fully saturated rings. The van der Waals surface area contributed by atoms with Crippen molar-refractivity contribution in [1.29, 1.82) is 0 Å². The van der Waals surface area contributed by atoms with Gasteiger partial charge in [0.1, 0.15) is 5.82 Å². The minimum absolute atomic E-state index is 0.0305. The smallest absolute Gasteiger partial charge is 0.408 e. The van der Waals surface area contributed by atoms with E-state index in [9.17, 15) is 14.0 Å². The normalized spacial score (nSPS) is 14.6. The molecule has 1 aliphatic heterocycles. The number of rotatable bonds is 5. The molecular formula is C27H25FN2O3. The van der Waals surface area contributed by atoms with E-state index in [4.69, 9.17) is 4.42 Å². The van der Waals surface area contributed by atoms with Crippen LogP contribution in [0, 0.1) is 11.7 Å². The Morgan fingerprint density at radius 2 is 1.67 bits per heavy atom. The molecule has 1 saturated heterocycles. The lowest BCUT2D eigenvalue weighted by Gasteiger charge is -2.32. The quantitative estimate of drug-likeness (QED) is 0.441. The van der Waals surface area contributed by atoms with Gasteiger partial charge in [0.05, 0.1) is 12.1 Å². The zero-order chi connectivity index (χ0) is 22.8. The van der Waals surface area contributed by atoms with Crippen molar-refractivity contribution in [3.63, 3.8) is 0 Å². The number of piperidine rings is 1. The number of halogens is 1. The van der Waals surface area contributed by atoms with Crippen molar-refractivity contribution >= 4 is 17.0 Å². The second-order valence-electron chi connectivity index (χ2n) is 8.69. The van der Waals surface area contributed by atoms with Crippen LogP contribution < -0.4 is 5.76 Å². The Hall–Kier alpha value is -3.67. The third kappa shape index (κ3) is 4.60. The lowest BCUT2D eigenvalue weighted by atomic mass is 9.90. The number of likely N-dealkylation sites (tertiary alicyclic amines) is 1. The van der Waals surface area contributed by atoms with E-state index < -0.39 is 5.76 Å². The Morgan fingerprint density at radius 1 is 0.939 bits per heavy atom. The van der Waals surface area contributed by atoms with E-state index in [1.54, 1.807) is 30.3 Å². The van der Waals surface area contributed by atoms with Gasteiger partial charge in [-0.3, -0.25) is 9.36 Å². The predicted octanol–water partition coefficient (Wildman–Crippen LogP) is 4.88. The summed E-state index contributed by atoms with van der Waals surface area (Å²) < 4.78 is 20.1. The van der Waals surface area contributed by atoms with Crippen molar-refractivity contribution in [1.82, 2.24) is 9.47 Å². The largest absolute Gasteiger partial charge is 0.420 e. The van der Waals surface area contributed by atoms with Crippen molar-refractivity contribution in [2.45, 2.75) is 25.8 Å². The van der Waals surface area contributed by atoms with Crippen molar-refractivity contribution in [2.24, 2.45) is 5.92 Å². The SMILES string of the molecule is O=C(c1ccc2oc(=O)n(Cc3ccc(F)cc3)c2c1)N1CCC(Cc2ccccc2)CC1. The van der Waals surface area contributed by atoms with E-state index in [-0.39, 0.29) is 18.3 Å². The number of hydrogen-bond acceptors (Lipinski definition) is 3. The van der Waals surface area contributed by atoms with Crippen LogP contribution in [0.4, 0.5) is 4.39 Å². The highest BCUT2D eigenvalue weighted by Crippen LogP contribution is 2.24. The molecule has 0 bridgehead atoms. The average molecular weight is 445 g/mol. The third-order valence-electron chi connectivity index (χ3n) is 6.44. The van der Waals surface area contributed by atoms with E-state index in [1.165, 1.54) is 22.3 Å². The van der Waals surface area contributed by atoms with Crippen LogP contribution in [0.25, 0.3) is 11.1 Å². The van der Waals surface area contributed by atoms with Gasteiger partial charge in [-0.1, -0.05) is 42.5 Å². The van der Waals surface area contributed by atoms with Crippen LogP contribution in [0.2, 0.25) is 0 Å². The molecule has 0 atom stereocenters.